The van der Waals surface area contributed by atoms with E-state index in [1.54, 1.807) is 32.9 Å². The summed E-state index contributed by atoms with van der Waals surface area (Å²) in [6.07, 6.45) is -0.884. The van der Waals surface area contributed by atoms with Gasteiger partial charge in [0.15, 0.2) is 5.15 Å². The van der Waals surface area contributed by atoms with Crippen molar-refractivity contribution in [3.05, 3.63) is 29.4 Å². The van der Waals surface area contributed by atoms with Gasteiger partial charge in [-0.3, -0.25) is 4.90 Å². The van der Waals surface area contributed by atoms with Crippen LogP contribution in [0.2, 0.25) is 5.15 Å². The summed E-state index contributed by atoms with van der Waals surface area (Å²) in [6.45, 7) is 5.41. The number of likely N-dealkylation sites (tertiary alicyclic amines) is 1. The van der Waals surface area contributed by atoms with Gasteiger partial charge in [-0.05, 0) is 32.9 Å². The number of halogens is 1. The molecule has 1 aromatic carbocycles. The topological polar surface area (TPSA) is 90.9 Å². The number of nitrogens with zero attached hydrogens (tertiary/aromatic N) is 3. The summed E-state index contributed by atoms with van der Waals surface area (Å²) in [7, 11) is 1.27. The first kappa shape index (κ1) is 25.8. The fourth-order valence-corrected chi connectivity index (χ4v) is 3.14. The maximum atomic E-state index is 12.5. The van der Waals surface area contributed by atoms with Crippen LogP contribution in [0.4, 0.5) is 4.79 Å². The molecular weight excluding hydrogens is 430 g/mol. The molecule has 1 saturated heterocycles. The molecule has 166 valence electrons. The summed E-state index contributed by atoms with van der Waals surface area (Å²) >= 11 is 6.20. The van der Waals surface area contributed by atoms with Crippen LogP contribution in [0.5, 0.6) is 5.88 Å². The Morgan fingerprint density at radius 3 is 2.33 bits per heavy atom. The van der Waals surface area contributed by atoms with E-state index >= 15 is 0 Å². The van der Waals surface area contributed by atoms with Crippen LogP contribution in [0.25, 0.3) is 11.0 Å². The monoisotopic (exact) mass is 457 g/mol. The number of para-hydroxylation sites is 2. The fraction of sp³-hybridized carbons (Fsp3) is 0.500. The summed E-state index contributed by atoms with van der Waals surface area (Å²) < 4.78 is 16.1. The molecule has 2 atom stereocenters. The van der Waals surface area contributed by atoms with E-state index in [0.29, 0.717) is 11.0 Å². The smallest absolute Gasteiger partial charge is 0.411 e. The molecule has 0 bridgehead atoms. The van der Waals surface area contributed by atoms with Crippen molar-refractivity contribution in [2.45, 2.75) is 52.4 Å². The SMILES string of the molecule is C.COC(=O)[C@@H]1C[C@@H](Oc2nc3ccccc3nc2Cl)CN1C(=O)OC(C)(C)C.S. The average molecular weight is 458 g/mol. The van der Waals surface area contributed by atoms with Crippen LogP contribution in [0.3, 0.4) is 0 Å². The number of benzene rings is 1. The molecule has 1 aromatic heterocycles. The molecule has 1 amide bonds. The van der Waals surface area contributed by atoms with Crippen molar-refractivity contribution >= 4 is 48.2 Å². The normalized spacial score (nSPS) is 18.2. The van der Waals surface area contributed by atoms with Gasteiger partial charge in [0.05, 0.1) is 24.7 Å². The van der Waals surface area contributed by atoms with Crippen LogP contribution in [-0.4, -0.2) is 58.3 Å². The Morgan fingerprint density at radius 2 is 1.77 bits per heavy atom. The van der Waals surface area contributed by atoms with Gasteiger partial charge in [0.1, 0.15) is 17.7 Å². The number of carbonyl (C=O) groups is 2. The third-order valence-corrected chi connectivity index (χ3v) is 4.39. The summed E-state index contributed by atoms with van der Waals surface area (Å²) in [4.78, 5) is 34.6. The van der Waals surface area contributed by atoms with Gasteiger partial charge in [-0.15, -0.1) is 0 Å². The second kappa shape index (κ2) is 10.2. The van der Waals surface area contributed by atoms with Crippen molar-refractivity contribution in [2.24, 2.45) is 0 Å². The molecule has 10 heteroatoms. The Hall–Kier alpha value is -2.26. The molecule has 0 saturated carbocycles. The molecule has 0 spiro atoms. The quantitative estimate of drug-likeness (QED) is 0.644. The number of amides is 1. The Kier molecular flexibility index (Phi) is 8.74. The van der Waals surface area contributed by atoms with Crippen LogP contribution in [0.15, 0.2) is 24.3 Å². The van der Waals surface area contributed by atoms with E-state index in [4.69, 9.17) is 25.8 Å². The van der Waals surface area contributed by atoms with Crippen molar-refractivity contribution < 1.29 is 23.8 Å². The van der Waals surface area contributed by atoms with Crippen molar-refractivity contribution in [1.29, 1.82) is 0 Å². The molecule has 0 N–H and O–H groups in total. The van der Waals surface area contributed by atoms with Crippen LogP contribution in [-0.2, 0) is 14.3 Å². The molecule has 0 aliphatic carbocycles. The predicted octanol–water partition coefficient (Wildman–Crippen LogP) is 3.96. The van der Waals surface area contributed by atoms with Gasteiger partial charge in [-0.25, -0.2) is 19.6 Å². The highest BCUT2D eigenvalue weighted by molar-refractivity contribution is 7.59. The first-order valence-corrected chi connectivity index (χ1v) is 9.22. The number of ether oxygens (including phenoxy) is 3. The number of methoxy groups -OCH3 is 1. The maximum absolute atomic E-state index is 12.5. The Bertz CT molecular complexity index is 906. The standard InChI is InChI=1S/C19H22ClN3O5.CH4.H2S/c1-19(2,3)28-18(25)23-10-11(9-14(23)17(24)26-4)27-16-15(20)21-12-7-5-6-8-13(12)22-16;;/h5-8,11,14H,9-10H2,1-4H3;1H4;1H2/t11-,14+;;/m1../s1. The lowest BCUT2D eigenvalue weighted by Gasteiger charge is -2.27. The molecule has 3 rings (SSSR count). The zero-order valence-electron chi connectivity index (χ0n) is 16.6. The summed E-state index contributed by atoms with van der Waals surface area (Å²) in [5.74, 6) is -0.382. The minimum absolute atomic E-state index is 0. The minimum Gasteiger partial charge on any atom is -0.470 e. The van der Waals surface area contributed by atoms with Crippen molar-refractivity contribution in [1.82, 2.24) is 14.9 Å². The summed E-state index contributed by atoms with van der Waals surface area (Å²) in [5, 5.41) is 0.115. The molecule has 2 heterocycles. The second-order valence-electron chi connectivity index (χ2n) is 7.46. The minimum atomic E-state index is -0.808. The van der Waals surface area contributed by atoms with Crippen LogP contribution in [0.1, 0.15) is 34.6 Å². The van der Waals surface area contributed by atoms with Crippen molar-refractivity contribution in [3.63, 3.8) is 0 Å². The molecule has 0 unspecified atom stereocenters. The predicted molar refractivity (Wildman–Crippen MR) is 119 cm³/mol. The molecule has 1 aliphatic rings. The number of carbonyl (C=O) groups excluding carboxylic acids is 2. The van der Waals surface area contributed by atoms with E-state index in [9.17, 15) is 9.59 Å². The van der Waals surface area contributed by atoms with E-state index < -0.39 is 29.8 Å². The second-order valence-corrected chi connectivity index (χ2v) is 7.81. The largest absolute Gasteiger partial charge is 0.470 e. The van der Waals surface area contributed by atoms with E-state index in [1.807, 2.05) is 12.1 Å². The molecule has 1 fully saturated rings. The van der Waals surface area contributed by atoms with Gasteiger partial charge < -0.3 is 14.2 Å². The molecule has 2 aromatic rings. The zero-order chi connectivity index (χ0) is 20.5. The van der Waals surface area contributed by atoms with Gasteiger partial charge in [0, 0.05) is 6.42 Å². The van der Waals surface area contributed by atoms with Gasteiger partial charge in [-0.2, -0.15) is 13.5 Å². The first-order valence-electron chi connectivity index (χ1n) is 8.84. The third kappa shape index (κ3) is 5.89. The number of rotatable bonds is 3. The van der Waals surface area contributed by atoms with Gasteiger partial charge in [-0.1, -0.05) is 31.2 Å². The van der Waals surface area contributed by atoms with E-state index in [0.717, 1.165) is 0 Å². The number of hydrogen-bond donors (Lipinski definition) is 0. The molecule has 1 aliphatic heterocycles. The van der Waals surface area contributed by atoms with Gasteiger partial charge in [0.25, 0.3) is 5.88 Å². The van der Waals surface area contributed by atoms with Gasteiger partial charge in [0.2, 0.25) is 0 Å². The third-order valence-electron chi connectivity index (χ3n) is 4.14. The zero-order valence-corrected chi connectivity index (χ0v) is 18.4. The van der Waals surface area contributed by atoms with E-state index in [1.165, 1.54) is 12.0 Å². The highest BCUT2D eigenvalue weighted by Crippen LogP contribution is 2.29. The van der Waals surface area contributed by atoms with Gasteiger partial charge >= 0.3 is 12.1 Å². The lowest BCUT2D eigenvalue weighted by Crippen LogP contribution is -2.44. The van der Waals surface area contributed by atoms with Crippen LogP contribution in [0, 0.1) is 0 Å². The Morgan fingerprint density at radius 1 is 1.17 bits per heavy atom. The molecule has 0 radical (unpaired) electrons. The molecular formula is C20H28ClN3O5S. The first-order chi connectivity index (χ1) is 13.2. The fourth-order valence-electron chi connectivity index (χ4n) is 2.96. The van der Waals surface area contributed by atoms with Crippen LogP contribution < -0.4 is 4.74 Å². The van der Waals surface area contributed by atoms with Crippen molar-refractivity contribution in [3.8, 4) is 5.88 Å². The highest BCUT2D eigenvalue weighted by Gasteiger charge is 2.43. The molecule has 30 heavy (non-hydrogen) atoms. The van der Waals surface area contributed by atoms with Crippen LogP contribution >= 0.6 is 25.1 Å². The number of aromatic nitrogens is 2. The molecule has 8 nitrogen and oxygen atoms in total. The Labute approximate surface area is 188 Å². The number of esters is 1. The summed E-state index contributed by atoms with van der Waals surface area (Å²) in [6, 6.07) is 6.46. The highest BCUT2D eigenvalue weighted by atomic mass is 35.5. The van der Waals surface area contributed by atoms with E-state index in [-0.39, 0.29) is 44.9 Å². The lowest BCUT2D eigenvalue weighted by molar-refractivity contribution is -0.145. The Balaban J connectivity index is 0.00000225. The lowest BCUT2D eigenvalue weighted by atomic mass is 10.2. The maximum Gasteiger partial charge on any atom is 0.411 e. The van der Waals surface area contributed by atoms with E-state index in [2.05, 4.69) is 9.97 Å². The van der Waals surface area contributed by atoms with Crippen molar-refractivity contribution in [2.75, 3.05) is 13.7 Å². The summed E-state index contributed by atoms with van der Waals surface area (Å²) in [5.41, 5.74) is 0.589. The average Bonchev–Trinajstić information content (AvgIpc) is 3.04. The number of fused-ring (bicyclic) bond motifs is 1. The number of hydrogen-bond acceptors (Lipinski definition) is 7.